The minimum atomic E-state index is 1.04. The monoisotopic (exact) mass is 201 g/mol. The lowest BCUT2D eigenvalue weighted by atomic mass is 10.4. The van der Waals surface area contributed by atoms with Crippen molar-refractivity contribution in [3.8, 4) is 0 Å². The van der Waals surface area contributed by atoms with E-state index in [1.165, 1.54) is 43.3 Å². The van der Waals surface area contributed by atoms with E-state index in [9.17, 15) is 0 Å². The molecule has 13 heavy (non-hydrogen) atoms. The van der Waals surface area contributed by atoms with Gasteiger partial charge in [-0.3, -0.25) is 9.89 Å². The molecule has 0 aromatic rings. The largest absolute Gasteiger partial charge is 0.306 e. The van der Waals surface area contributed by atoms with Crippen molar-refractivity contribution in [2.24, 2.45) is 0 Å². The van der Waals surface area contributed by atoms with E-state index in [0.717, 1.165) is 6.54 Å². The molecule has 0 atom stereocenters. The fourth-order valence-electron chi connectivity index (χ4n) is 1.52. The molecule has 0 aliphatic carbocycles. The number of amidine groups is 1. The summed E-state index contributed by atoms with van der Waals surface area (Å²) in [5.74, 6) is 1.23. The van der Waals surface area contributed by atoms with Gasteiger partial charge in [-0.25, -0.2) is 0 Å². The van der Waals surface area contributed by atoms with Crippen LogP contribution in [0.5, 0.6) is 0 Å². The summed E-state index contributed by atoms with van der Waals surface area (Å²) in [4.78, 5) is 0. The lowest BCUT2D eigenvalue weighted by Gasteiger charge is -2.05. The highest BCUT2D eigenvalue weighted by Gasteiger charge is 2.16. The Kier molecular flexibility index (Phi) is 5.28. The van der Waals surface area contributed by atoms with Crippen molar-refractivity contribution >= 4 is 16.9 Å². The van der Waals surface area contributed by atoms with E-state index < -0.39 is 0 Å². The second kappa shape index (κ2) is 6.30. The van der Waals surface area contributed by atoms with Crippen LogP contribution in [0.25, 0.3) is 0 Å². The van der Waals surface area contributed by atoms with Gasteiger partial charge in [-0.1, -0.05) is 6.92 Å². The van der Waals surface area contributed by atoms with E-state index in [1.54, 1.807) is 0 Å². The minimum Gasteiger partial charge on any atom is -0.269 e. The number of nitrogens with zero attached hydrogens (tertiary/aromatic N) is 1. The maximum atomic E-state index is 3.46. The van der Waals surface area contributed by atoms with Gasteiger partial charge in [-0.15, -0.1) is 0 Å². The highest BCUT2D eigenvalue weighted by atomic mass is 32.2. The summed E-state index contributed by atoms with van der Waals surface area (Å²) >= 11 is 1.97. The molecule has 0 aromatic carbocycles. The van der Waals surface area contributed by atoms with Gasteiger partial charge < -0.3 is 0 Å². The quantitative estimate of drug-likeness (QED) is 0.554. The Balaban J connectivity index is 2.48. The summed E-state index contributed by atoms with van der Waals surface area (Å²) in [5, 5.41) is 4.87. The van der Waals surface area contributed by atoms with Crippen LogP contribution in [-0.2, 0) is 0 Å². The molecule has 2 nitrogen and oxygen atoms in total. The molecule has 0 bridgehead atoms. The first-order valence-corrected chi connectivity index (χ1v) is 6.35. The maximum Gasteiger partial charge on any atom is 0.306 e. The molecule has 1 aliphatic heterocycles. The van der Waals surface area contributed by atoms with Crippen LogP contribution in [0, 0.1) is 0 Å². The van der Waals surface area contributed by atoms with Crippen LogP contribution in [0.2, 0.25) is 0 Å². The van der Waals surface area contributed by atoms with Gasteiger partial charge in [-0.2, -0.15) is 0 Å². The summed E-state index contributed by atoms with van der Waals surface area (Å²) in [6, 6.07) is 0. The maximum absolute atomic E-state index is 3.46. The number of hydrogen-bond donors (Lipinski definition) is 1. The normalized spacial score (nSPS) is 16.3. The molecule has 1 rings (SSSR count). The van der Waals surface area contributed by atoms with Crippen LogP contribution >= 0.6 is 11.8 Å². The predicted molar refractivity (Wildman–Crippen MR) is 60.7 cm³/mol. The SMILES string of the molecule is CCCSC(NCC)=[N+]1CCCC1. The smallest absolute Gasteiger partial charge is 0.269 e. The van der Waals surface area contributed by atoms with E-state index in [0.29, 0.717) is 0 Å². The average Bonchev–Trinajstić information content (AvgIpc) is 2.65. The zero-order valence-corrected chi connectivity index (χ0v) is 9.62. The fourth-order valence-corrected chi connectivity index (χ4v) is 2.53. The van der Waals surface area contributed by atoms with Crippen molar-refractivity contribution in [1.29, 1.82) is 0 Å². The number of nitrogens with one attached hydrogen (secondary N) is 1. The minimum absolute atomic E-state index is 1.04. The standard InChI is InChI=1S/C10H20N2S/c1-3-9-13-10(11-4-2)12-7-5-6-8-12/h3-9H2,1-2H3/p+1. The van der Waals surface area contributed by atoms with Crippen LogP contribution in [0.3, 0.4) is 0 Å². The summed E-state index contributed by atoms with van der Waals surface area (Å²) < 4.78 is 2.49. The number of hydrogen-bond acceptors (Lipinski definition) is 1. The Labute approximate surface area is 85.8 Å². The van der Waals surface area contributed by atoms with Crippen LogP contribution in [-0.4, -0.2) is 35.1 Å². The van der Waals surface area contributed by atoms with Gasteiger partial charge in [0.15, 0.2) is 0 Å². The molecule has 1 heterocycles. The second-order valence-corrected chi connectivity index (χ2v) is 4.46. The number of thioether (sulfide) groups is 1. The first-order chi connectivity index (χ1) is 6.38. The molecule has 0 spiro atoms. The lowest BCUT2D eigenvalue weighted by Crippen LogP contribution is -2.30. The van der Waals surface area contributed by atoms with Gasteiger partial charge in [0.2, 0.25) is 0 Å². The summed E-state index contributed by atoms with van der Waals surface area (Å²) in [7, 11) is 0. The van der Waals surface area contributed by atoms with Crippen LogP contribution in [0.1, 0.15) is 33.1 Å². The lowest BCUT2D eigenvalue weighted by molar-refractivity contribution is -0.505. The molecule has 76 valence electrons. The first-order valence-electron chi connectivity index (χ1n) is 5.37. The van der Waals surface area contributed by atoms with Crippen molar-refractivity contribution in [1.82, 2.24) is 5.32 Å². The Morgan fingerprint density at radius 2 is 2.00 bits per heavy atom. The Morgan fingerprint density at radius 3 is 2.54 bits per heavy atom. The van der Waals surface area contributed by atoms with Gasteiger partial charge in [0.05, 0.1) is 19.6 Å². The molecule has 1 saturated heterocycles. The molecular formula is C10H21N2S+. The van der Waals surface area contributed by atoms with Crippen LogP contribution < -0.4 is 5.32 Å². The Bertz CT molecular complexity index is 170. The zero-order chi connectivity index (χ0) is 9.52. The van der Waals surface area contributed by atoms with Crippen molar-refractivity contribution < 1.29 is 4.58 Å². The first kappa shape index (κ1) is 10.9. The van der Waals surface area contributed by atoms with Crippen LogP contribution in [0.4, 0.5) is 0 Å². The highest BCUT2D eigenvalue weighted by molar-refractivity contribution is 8.13. The second-order valence-electron chi connectivity index (χ2n) is 3.38. The fraction of sp³-hybridized carbons (Fsp3) is 0.900. The zero-order valence-electron chi connectivity index (χ0n) is 8.81. The topological polar surface area (TPSA) is 15.0 Å². The van der Waals surface area contributed by atoms with E-state index in [4.69, 9.17) is 0 Å². The highest BCUT2D eigenvalue weighted by Crippen LogP contribution is 2.09. The van der Waals surface area contributed by atoms with Gasteiger partial charge >= 0.3 is 5.17 Å². The third-order valence-corrected chi connectivity index (χ3v) is 3.45. The van der Waals surface area contributed by atoms with E-state index in [2.05, 4.69) is 23.7 Å². The van der Waals surface area contributed by atoms with Gasteiger partial charge in [-0.05, 0) is 37.9 Å². The van der Waals surface area contributed by atoms with E-state index in [1.807, 2.05) is 11.8 Å². The van der Waals surface area contributed by atoms with E-state index in [-0.39, 0.29) is 0 Å². The predicted octanol–water partition coefficient (Wildman–Crippen LogP) is 1.90. The van der Waals surface area contributed by atoms with Gasteiger partial charge in [0.25, 0.3) is 0 Å². The summed E-state index contributed by atoms with van der Waals surface area (Å²) in [5.41, 5.74) is 0. The van der Waals surface area contributed by atoms with Crippen molar-refractivity contribution in [3.05, 3.63) is 0 Å². The van der Waals surface area contributed by atoms with Crippen molar-refractivity contribution in [3.63, 3.8) is 0 Å². The molecular weight excluding hydrogens is 180 g/mol. The molecule has 0 unspecified atom stereocenters. The summed E-state index contributed by atoms with van der Waals surface area (Å²) in [6.07, 6.45) is 3.98. The molecule has 1 aliphatic rings. The molecule has 3 heteroatoms. The number of rotatable bonds is 3. The molecule has 0 amide bonds. The molecule has 1 N–H and O–H groups in total. The third kappa shape index (κ3) is 3.59. The molecule has 0 saturated carbocycles. The van der Waals surface area contributed by atoms with Crippen molar-refractivity contribution in [2.45, 2.75) is 33.1 Å². The third-order valence-electron chi connectivity index (χ3n) is 2.16. The van der Waals surface area contributed by atoms with Crippen LogP contribution in [0.15, 0.2) is 0 Å². The Morgan fingerprint density at radius 1 is 1.31 bits per heavy atom. The van der Waals surface area contributed by atoms with E-state index >= 15 is 0 Å². The van der Waals surface area contributed by atoms with Gasteiger partial charge in [0, 0.05) is 5.75 Å². The van der Waals surface area contributed by atoms with Gasteiger partial charge in [0.1, 0.15) is 0 Å². The molecule has 0 radical (unpaired) electrons. The summed E-state index contributed by atoms with van der Waals surface area (Å²) in [6.45, 7) is 7.95. The average molecular weight is 201 g/mol. The molecule has 0 aromatic heterocycles. The Hall–Kier alpha value is -0.180. The van der Waals surface area contributed by atoms with Crippen molar-refractivity contribution in [2.75, 3.05) is 25.4 Å². The molecule has 1 fully saturated rings.